The molecule has 0 saturated heterocycles. The average molecular weight is 378 g/mol. The third-order valence-electron chi connectivity index (χ3n) is 4.49. The number of nitrogens with zero attached hydrogens (tertiary/aromatic N) is 2. The van der Waals surface area contributed by atoms with Crippen LogP contribution in [0, 0.1) is 0 Å². The number of anilines is 2. The lowest BCUT2D eigenvalue weighted by molar-refractivity contribution is 0.0989. The molecule has 134 valence electrons. The third kappa shape index (κ3) is 3.17. The highest BCUT2D eigenvalue weighted by atomic mass is 35.5. The van der Waals surface area contributed by atoms with Gasteiger partial charge in [-0.25, -0.2) is 4.98 Å². The minimum Gasteiger partial charge on any atom is -0.361 e. The second-order valence-electron chi connectivity index (χ2n) is 6.28. The van der Waals surface area contributed by atoms with Gasteiger partial charge in [-0.3, -0.25) is 14.5 Å². The number of Topliss-reactive ketones (excluding diaryl/α,β-unsaturated/α-hetero) is 1. The summed E-state index contributed by atoms with van der Waals surface area (Å²) in [4.78, 5) is 30.6. The Bertz CT molecular complexity index is 1030. The third-order valence-corrected chi connectivity index (χ3v) is 4.72. The van der Waals surface area contributed by atoms with E-state index in [1.54, 1.807) is 35.2 Å². The molecule has 1 aromatic heterocycles. The number of ketones is 1. The number of benzene rings is 2. The molecule has 1 aliphatic rings. The van der Waals surface area contributed by atoms with Crippen LogP contribution >= 0.6 is 11.6 Å². The van der Waals surface area contributed by atoms with E-state index < -0.39 is 6.17 Å². The van der Waals surface area contributed by atoms with E-state index in [4.69, 9.17) is 11.6 Å². The van der Waals surface area contributed by atoms with Crippen molar-refractivity contribution in [2.45, 2.75) is 13.1 Å². The van der Waals surface area contributed by atoms with Gasteiger partial charge >= 0.3 is 0 Å². The number of rotatable bonds is 4. The minimum absolute atomic E-state index is 0.0160. The Hall–Kier alpha value is -3.18. The zero-order chi connectivity index (χ0) is 19.0. The molecule has 5 nitrogen and oxygen atoms in total. The highest BCUT2D eigenvalue weighted by Gasteiger charge is 2.38. The van der Waals surface area contributed by atoms with Crippen LogP contribution in [-0.2, 0) is 0 Å². The molecule has 0 saturated carbocycles. The highest BCUT2D eigenvalue weighted by molar-refractivity contribution is 6.30. The number of pyridine rings is 1. The quantitative estimate of drug-likeness (QED) is 0.669. The normalized spacial score (nSPS) is 15.6. The van der Waals surface area contributed by atoms with Gasteiger partial charge in [-0.2, -0.15) is 0 Å². The zero-order valence-corrected chi connectivity index (χ0v) is 15.3. The Morgan fingerprint density at radius 3 is 2.67 bits per heavy atom. The fourth-order valence-corrected chi connectivity index (χ4v) is 3.30. The molecule has 1 aliphatic heterocycles. The first-order chi connectivity index (χ1) is 13.0. The van der Waals surface area contributed by atoms with Crippen molar-refractivity contribution in [1.82, 2.24) is 4.98 Å². The van der Waals surface area contributed by atoms with Crippen molar-refractivity contribution in [3.8, 4) is 0 Å². The summed E-state index contributed by atoms with van der Waals surface area (Å²) in [6, 6.07) is 18.1. The number of halogens is 1. The Labute approximate surface area is 161 Å². The van der Waals surface area contributed by atoms with Gasteiger partial charge in [0.15, 0.2) is 5.78 Å². The maximum absolute atomic E-state index is 13.0. The molecule has 0 bridgehead atoms. The number of fused-ring (bicyclic) bond motifs is 1. The van der Waals surface area contributed by atoms with Crippen molar-refractivity contribution in [2.75, 3.05) is 10.2 Å². The molecule has 0 aliphatic carbocycles. The molecule has 0 spiro atoms. The molecule has 1 N–H and O–H groups in total. The van der Waals surface area contributed by atoms with Crippen LogP contribution in [0.4, 0.5) is 11.5 Å². The standard InChI is InChI=1S/C21H16ClN3O2/c1-13(26)14-5-4-6-16(11-14)24-20-17-7-2-3-8-18(17)21(27)25(20)19-10-9-15(22)12-23-19/h2-12,20,24H,1H3/t20-/m0/s1. The van der Waals surface area contributed by atoms with Gasteiger partial charge in [0.05, 0.1) is 5.02 Å². The van der Waals surface area contributed by atoms with Gasteiger partial charge in [0.2, 0.25) is 0 Å². The van der Waals surface area contributed by atoms with Crippen LogP contribution in [0.3, 0.4) is 0 Å². The van der Waals surface area contributed by atoms with Gasteiger partial charge in [-0.1, -0.05) is 41.9 Å². The van der Waals surface area contributed by atoms with Crippen molar-refractivity contribution in [2.24, 2.45) is 0 Å². The maximum Gasteiger partial charge on any atom is 0.261 e. The summed E-state index contributed by atoms with van der Waals surface area (Å²) in [5.41, 5.74) is 2.83. The summed E-state index contributed by atoms with van der Waals surface area (Å²) in [5, 5.41) is 3.87. The van der Waals surface area contributed by atoms with Crippen LogP contribution in [0.1, 0.15) is 39.4 Å². The SMILES string of the molecule is CC(=O)c1cccc(N[C@@H]2c3ccccc3C(=O)N2c2ccc(Cl)cn2)c1. The number of carbonyl (C=O) groups is 2. The molecule has 0 unspecified atom stereocenters. The van der Waals surface area contributed by atoms with Crippen LogP contribution in [0.5, 0.6) is 0 Å². The summed E-state index contributed by atoms with van der Waals surface area (Å²) in [5.74, 6) is 0.347. The molecule has 2 heterocycles. The molecule has 1 amide bonds. The van der Waals surface area contributed by atoms with Crippen LogP contribution in [0.2, 0.25) is 5.02 Å². The lowest BCUT2D eigenvalue weighted by Crippen LogP contribution is -2.32. The molecular formula is C21H16ClN3O2. The number of aromatic nitrogens is 1. The molecule has 6 heteroatoms. The maximum atomic E-state index is 13.0. The highest BCUT2D eigenvalue weighted by Crippen LogP contribution is 2.37. The molecule has 27 heavy (non-hydrogen) atoms. The minimum atomic E-state index is -0.440. The Balaban J connectivity index is 1.77. The Morgan fingerprint density at radius 2 is 1.93 bits per heavy atom. The smallest absolute Gasteiger partial charge is 0.261 e. The van der Waals surface area contributed by atoms with E-state index in [0.717, 1.165) is 11.3 Å². The van der Waals surface area contributed by atoms with E-state index >= 15 is 0 Å². The van der Waals surface area contributed by atoms with Gasteiger partial charge in [0.25, 0.3) is 5.91 Å². The second-order valence-corrected chi connectivity index (χ2v) is 6.72. The van der Waals surface area contributed by atoms with Gasteiger partial charge in [-0.15, -0.1) is 0 Å². The summed E-state index contributed by atoms with van der Waals surface area (Å²) in [6.07, 6.45) is 1.07. The van der Waals surface area contributed by atoms with Gasteiger partial charge in [0, 0.05) is 28.6 Å². The molecular weight excluding hydrogens is 362 g/mol. The van der Waals surface area contributed by atoms with Crippen molar-refractivity contribution in [3.05, 3.63) is 88.6 Å². The van der Waals surface area contributed by atoms with E-state index in [1.807, 2.05) is 30.3 Å². The van der Waals surface area contributed by atoms with Crippen molar-refractivity contribution < 1.29 is 9.59 Å². The first-order valence-corrected chi connectivity index (χ1v) is 8.84. The topological polar surface area (TPSA) is 62.3 Å². The lowest BCUT2D eigenvalue weighted by Gasteiger charge is -2.26. The molecule has 0 radical (unpaired) electrons. The number of amides is 1. The van der Waals surface area contributed by atoms with E-state index in [9.17, 15) is 9.59 Å². The van der Waals surface area contributed by atoms with E-state index in [-0.39, 0.29) is 11.7 Å². The average Bonchev–Trinajstić information content (AvgIpc) is 2.95. The molecule has 1 atom stereocenters. The van der Waals surface area contributed by atoms with Crippen LogP contribution in [-0.4, -0.2) is 16.7 Å². The molecule has 2 aromatic carbocycles. The van der Waals surface area contributed by atoms with Crippen LogP contribution in [0.25, 0.3) is 0 Å². The lowest BCUT2D eigenvalue weighted by atomic mass is 10.1. The summed E-state index contributed by atoms with van der Waals surface area (Å²) < 4.78 is 0. The second kappa shape index (κ2) is 6.85. The first-order valence-electron chi connectivity index (χ1n) is 8.46. The fourth-order valence-electron chi connectivity index (χ4n) is 3.19. The molecule has 4 rings (SSSR count). The predicted molar refractivity (Wildman–Crippen MR) is 105 cm³/mol. The Kier molecular flexibility index (Phi) is 4.38. The summed E-state index contributed by atoms with van der Waals surface area (Å²) >= 11 is 5.94. The summed E-state index contributed by atoms with van der Waals surface area (Å²) in [7, 11) is 0. The number of hydrogen-bond donors (Lipinski definition) is 1. The number of nitrogens with one attached hydrogen (secondary N) is 1. The number of hydrogen-bond acceptors (Lipinski definition) is 4. The predicted octanol–water partition coefficient (Wildman–Crippen LogP) is 4.71. The van der Waals surface area contributed by atoms with E-state index in [2.05, 4.69) is 10.3 Å². The Morgan fingerprint density at radius 1 is 1.11 bits per heavy atom. The van der Waals surface area contributed by atoms with Crippen molar-refractivity contribution in [3.63, 3.8) is 0 Å². The summed E-state index contributed by atoms with van der Waals surface area (Å²) in [6.45, 7) is 1.53. The van der Waals surface area contributed by atoms with Gasteiger partial charge in [0.1, 0.15) is 12.0 Å². The van der Waals surface area contributed by atoms with Crippen molar-refractivity contribution in [1.29, 1.82) is 0 Å². The van der Waals surface area contributed by atoms with Crippen molar-refractivity contribution >= 4 is 34.8 Å². The van der Waals surface area contributed by atoms with E-state index in [0.29, 0.717) is 22.0 Å². The van der Waals surface area contributed by atoms with Crippen LogP contribution in [0.15, 0.2) is 66.9 Å². The van der Waals surface area contributed by atoms with E-state index in [1.165, 1.54) is 13.1 Å². The van der Waals surface area contributed by atoms with Gasteiger partial charge in [-0.05, 0) is 37.3 Å². The molecule has 0 fully saturated rings. The van der Waals surface area contributed by atoms with Gasteiger partial charge < -0.3 is 5.32 Å². The molecule has 3 aromatic rings. The first kappa shape index (κ1) is 17.2. The zero-order valence-electron chi connectivity index (χ0n) is 14.5. The fraction of sp³-hybridized carbons (Fsp3) is 0.0952. The van der Waals surface area contributed by atoms with Crippen LogP contribution < -0.4 is 10.2 Å². The monoisotopic (exact) mass is 377 g/mol. The largest absolute Gasteiger partial charge is 0.361 e. The number of carbonyl (C=O) groups excluding carboxylic acids is 2.